The highest BCUT2D eigenvalue weighted by atomic mass is 16.5. The number of aromatic nitrogens is 1. The van der Waals surface area contributed by atoms with Crippen LogP contribution in [0.4, 0.5) is 5.82 Å². The number of rotatable bonds is 8. The first-order valence-corrected chi connectivity index (χ1v) is 11.9. The molecule has 0 aliphatic carbocycles. The maximum absolute atomic E-state index is 12.5. The fourth-order valence-corrected chi connectivity index (χ4v) is 4.05. The fraction of sp³-hybridized carbons (Fsp3) is 0.310. The van der Waals surface area contributed by atoms with Crippen molar-refractivity contribution < 1.29 is 14.3 Å². The van der Waals surface area contributed by atoms with Gasteiger partial charge in [0.05, 0.1) is 6.10 Å². The van der Waals surface area contributed by atoms with E-state index < -0.39 is 0 Å². The van der Waals surface area contributed by atoms with Crippen molar-refractivity contribution in [1.29, 1.82) is 0 Å². The summed E-state index contributed by atoms with van der Waals surface area (Å²) in [5.41, 5.74) is 3.71. The van der Waals surface area contributed by atoms with E-state index >= 15 is 0 Å². The van der Waals surface area contributed by atoms with E-state index in [0.29, 0.717) is 18.0 Å². The first-order chi connectivity index (χ1) is 17.0. The molecule has 0 atom stereocenters. The third-order valence-corrected chi connectivity index (χ3v) is 5.86. The highest BCUT2D eigenvalue weighted by molar-refractivity contribution is 5.94. The third kappa shape index (κ3) is 6.62. The van der Waals surface area contributed by atoms with Crippen LogP contribution in [0.15, 0.2) is 66.9 Å². The van der Waals surface area contributed by atoms with Crippen LogP contribution in [0.2, 0.25) is 0 Å². The van der Waals surface area contributed by atoms with Gasteiger partial charge in [0.1, 0.15) is 23.7 Å². The number of piperazine rings is 1. The molecule has 1 fully saturated rings. The number of hydrogen-bond donors (Lipinski definition) is 0. The van der Waals surface area contributed by atoms with Crippen molar-refractivity contribution in [2.75, 3.05) is 31.1 Å². The molecular weight excluding hydrogens is 438 g/mol. The average Bonchev–Trinajstić information content (AvgIpc) is 2.88. The highest BCUT2D eigenvalue weighted by Crippen LogP contribution is 2.21. The van der Waals surface area contributed by atoms with Crippen LogP contribution in [0, 0.1) is 12.3 Å². The van der Waals surface area contributed by atoms with Gasteiger partial charge in [-0.1, -0.05) is 36.3 Å². The molecule has 0 bridgehead atoms. The predicted molar refractivity (Wildman–Crippen MR) is 137 cm³/mol. The summed E-state index contributed by atoms with van der Waals surface area (Å²) in [7, 11) is 0. The van der Waals surface area contributed by atoms with Gasteiger partial charge in [0.2, 0.25) is 0 Å². The van der Waals surface area contributed by atoms with Crippen LogP contribution in [-0.2, 0) is 17.9 Å². The van der Waals surface area contributed by atoms with Gasteiger partial charge in [-0.25, -0.2) is 9.78 Å². The first-order valence-electron chi connectivity index (χ1n) is 11.9. The topological polar surface area (TPSA) is 54.9 Å². The van der Waals surface area contributed by atoms with E-state index in [2.05, 4.69) is 45.0 Å². The SMILES string of the molecule is C#Cc1cccc(OCc2ccc(CN3CCN(c4ncccc4C(=O)OC(C)C)CC3)cc2)c1. The lowest BCUT2D eigenvalue weighted by Gasteiger charge is -2.36. The lowest BCUT2D eigenvalue weighted by atomic mass is 10.1. The zero-order valence-corrected chi connectivity index (χ0v) is 20.3. The molecule has 1 aromatic heterocycles. The Hall–Kier alpha value is -3.82. The summed E-state index contributed by atoms with van der Waals surface area (Å²) in [6, 6.07) is 19.7. The van der Waals surface area contributed by atoms with E-state index in [9.17, 15) is 4.79 Å². The van der Waals surface area contributed by atoms with Gasteiger partial charge < -0.3 is 14.4 Å². The van der Waals surface area contributed by atoms with Crippen LogP contribution in [0.5, 0.6) is 5.75 Å². The number of carbonyl (C=O) groups excluding carboxylic acids is 1. The maximum Gasteiger partial charge on any atom is 0.342 e. The molecule has 0 amide bonds. The predicted octanol–water partition coefficient (Wildman–Crippen LogP) is 4.53. The Morgan fingerprint density at radius 2 is 1.77 bits per heavy atom. The van der Waals surface area contributed by atoms with Crippen LogP contribution in [0.1, 0.15) is 40.9 Å². The monoisotopic (exact) mass is 469 g/mol. The standard InChI is InChI=1S/C29H31N3O3/c1-4-23-7-5-8-26(19-23)34-21-25-12-10-24(11-13-25)20-31-15-17-32(18-16-31)28-27(9-6-14-30-28)29(33)35-22(2)3/h1,5-14,19,22H,15-18,20-21H2,2-3H3. The minimum atomic E-state index is -0.321. The van der Waals surface area contributed by atoms with Crippen molar-refractivity contribution in [3.05, 3.63) is 89.1 Å². The molecule has 0 unspecified atom stereocenters. The van der Waals surface area contributed by atoms with Crippen molar-refractivity contribution in [1.82, 2.24) is 9.88 Å². The molecule has 3 aromatic rings. The molecule has 1 aliphatic rings. The summed E-state index contributed by atoms with van der Waals surface area (Å²) in [6.45, 7) is 8.49. The lowest BCUT2D eigenvalue weighted by molar-refractivity contribution is 0.0378. The number of benzene rings is 2. The second-order valence-corrected chi connectivity index (χ2v) is 8.87. The van der Waals surface area contributed by atoms with Crippen LogP contribution >= 0.6 is 0 Å². The minimum Gasteiger partial charge on any atom is -0.489 e. The Kier molecular flexibility index (Phi) is 8.02. The van der Waals surface area contributed by atoms with Crippen molar-refractivity contribution in [2.24, 2.45) is 0 Å². The minimum absolute atomic E-state index is 0.162. The maximum atomic E-state index is 12.5. The Bertz CT molecular complexity index is 1180. The number of pyridine rings is 1. The summed E-state index contributed by atoms with van der Waals surface area (Å²) < 4.78 is 11.3. The number of carbonyl (C=O) groups is 1. The summed E-state index contributed by atoms with van der Waals surface area (Å²) in [5.74, 6) is 3.78. The smallest absolute Gasteiger partial charge is 0.342 e. The van der Waals surface area contributed by atoms with Crippen molar-refractivity contribution in [3.8, 4) is 18.1 Å². The van der Waals surface area contributed by atoms with E-state index in [1.165, 1.54) is 5.56 Å². The normalized spacial score (nSPS) is 13.9. The highest BCUT2D eigenvalue weighted by Gasteiger charge is 2.23. The number of ether oxygens (including phenoxy) is 2. The van der Waals surface area contributed by atoms with Crippen molar-refractivity contribution in [2.45, 2.75) is 33.1 Å². The molecule has 1 saturated heterocycles. The van der Waals surface area contributed by atoms with Gasteiger partial charge in [-0.15, -0.1) is 6.42 Å². The molecule has 35 heavy (non-hydrogen) atoms. The molecule has 0 saturated carbocycles. The van der Waals surface area contributed by atoms with E-state index in [-0.39, 0.29) is 12.1 Å². The molecule has 0 radical (unpaired) electrons. The van der Waals surface area contributed by atoms with E-state index in [1.807, 2.05) is 38.1 Å². The molecule has 2 aromatic carbocycles. The second-order valence-electron chi connectivity index (χ2n) is 8.87. The molecule has 1 aliphatic heterocycles. The lowest BCUT2D eigenvalue weighted by Crippen LogP contribution is -2.46. The van der Waals surface area contributed by atoms with E-state index in [4.69, 9.17) is 15.9 Å². The molecule has 0 spiro atoms. The molecule has 180 valence electrons. The number of terminal acetylenes is 1. The van der Waals surface area contributed by atoms with Gasteiger partial charge in [-0.05, 0) is 55.3 Å². The fourth-order valence-electron chi connectivity index (χ4n) is 4.05. The Morgan fingerprint density at radius 3 is 2.49 bits per heavy atom. The summed E-state index contributed by atoms with van der Waals surface area (Å²) >= 11 is 0. The number of nitrogens with zero attached hydrogens (tertiary/aromatic N) is 3. The molecule has 6 nitrogen and oxygen atoms in total. The largest absolute Gasteiger partial charge is 0.489 e. The van der Waals surface area contributed by atoms with Gasteiger partial charge >= 0.3 is 5.97 Å². The van der Waals surface area contributed by atoms with Gasteiger partial charge in [0.25, 0.3) is 0 Å². The van der Waals surface area contributed by atoms with Crippen molar-refractivity contribution >= 4 is 11.8 Å². The Morgan fingerprint density at radius 1 is 1.03 bits per heavy atom. The molecule has 2 heterocycles. The molecular formula is C29H31N3O3. The van der Waals surface area contributed by atoms with E-state index in [1.54, 1.807) is 18.3 Å². The molecule has 0 N–H and O–H groups in total. The van der Waals surface area contributed by atoms with Gasteiger partial charge in [-0.2, -0.15) is 0 Å². The van der Waals surface area contributed by atoms with E-state index in [0.717, 1.165) is 49.6 Å². The quantitative estimate of drug-likeness (QED) is 0.357. The van der Waals surface area contributed by atoms with Crippen LogP contribution in [0.25, 0.3) is 0 Å². The van der Waals surface area contributed by atoms with Crippen LogP contribution < -0.4 is 9.64 Å². The third-order valence-electron chi connectivity index (χ3n) is 5.86. The first kappa shape index (κ1) is 24.3. The Labute approximate surface area is 207 Å². The zero-order valence-electron chi connectivity index (χ0n) is 20.3. The molecule has 4 rings (SSSR count). The van der Waals surface area contributed by atoms with Crippen LogP contribution in [0.3, 0.4) is 0 Å². The Balaban J connectivity index is 1.29. The zero-order chi connectivity index (χ0) is 24.6. The summed E-state index contributed by atoms with van der Waals surface area (Å²) in [4.78, 5) is 21.6. The average molecular weight is 470 g/mol. The summed E-state index contributed by atoms with van der Waals surface area (Å²) in [5, 5.41) is 0. The molecule has 6 heteroatoms. The number of anilines is 1. The summed E-state index contributed by atoms with van der Waals surface area (Å²) in [6.07, 6.45) is 7.02. The number of esters is 1. The number of hydrogen-bond acceptors (Lipinski definition) is 6. The van der Waals surface area contributed by atoms with Gasteiger partial charge in [-0.3, -0.25) is 4.90 Å². The van der Waals surface area contributed by atoms with Gasteiger partial charge in [0, 0.05) is 44.5 Å². The van der Waals surface area contributed by atoms with Gasteiger partial charge in [0.15, 0.2) is 0 Å². The van der Waals surface area contributed by atoms with Crippen LogP contribution in [-0.4, -0.2) is 48.1 Å². The van der Waals surface area contributed by atoms with Crippen molar-refractivity contribution in [3.63, 3.8) is 0 Å². The second kappa shape index (κ2) is 11.5.